The van der Waals surface area contributed by atoms with E-state index in [4.69, 9.17) is 0 Å². The highest BCUT2D eigenvalue weighted by molar-refractivity contribution is 5.39. The van der Waals surface area contributed by atoms with Gasteiger partial charge < -0.3 is 0 Å². The van der Waals surface area contributed by atoms with E-state index in [0.29, 0.717) is 0 Å². The molecule has 5 unspecified atom stereocenters. The fraction of sp³-hybridized carbons (Fsp3) is 0.905. The monoisotopic (exact) mass is 286 g/mol. The average Bonchev–Trinajstić information content (AvgIpc) is 3.18. The number of allylic oxidation sites excluding steroid dienone is 2. The minimum absolute atomic E-state index is 0.812. The lowest BCUT2D eigenvalue weighted by Crippen LogP contribution is -2.11. The molecule has 0 nitrogen and oxygen atoms in total. The predicted octanol–water partition coefficient (Wildman–Crippen LogP) is 6.08. The molecule has 0 heteroatoms. The third-order valence-electron chi connectivity index (χ3n) is 8.37. The van der Waals surface area contributed by atoms with Crippen LogP contribution in [0.4, 0.5) is 0 Å². The van der Waals surface area contributed by atoms with E-state index in [1.54, 1.807) is 19.3 Å². The molecule has 0 spiro atoms. The summed E-state index contributed by atoms with van der Waals surface area (Å²) in [5.74, 6) is 5.79. The minimum Gasteiger partial charge on any atom is -0.0679 e. The van der Waals surface area contributed by atoms with Crippen molar-refractivity contribution < 1.29 is 0 Å². The molecule has 0 aliphatic heterocycles. The van der Waals surface area contributed by atoms with Crippen molar-refractivity contribution in [1.82, 2.24) is 0 Å². The Morgan fingerprint density at radius 1 is 1.19 bits per heavy atom. The third kappa shape index (κ3) is 1.80. The van der Waals surface area contributed by atoms with E-state index in [1.807, 2.05) is 11.1 Å². The Morgan fingerprint density at radius 3 is 2.29 bits per heavy atom. The van der Waals surface area contributed by atoms with Crippen LogP contribution in [0.25, 0.3) is 0 Å². The van der Waals surface area contributed by atoms with Crippen molar-refractivity contribution in [2.45, 2.75) is 73.6 Å². The standard InChI is InChI=1S/C21H34/c1-7-16(17-8-13(17)4)14(5)18-9-19(18)21-10-20(21,11-21)15(6)12(2)3/h12-15,18-19H,7-11H2,1-6H3. The van der Waals surface area contributed by atoms with Gasteiger partial charge in [0.25, 0.3) is 0 Å². The van der Waals surface area contributed by atoms with E-state index >= 15 is 0 Å². The molecule has 21 heavy (non-hydrogen) atoms. The summed E-state index contributed by atoms with van der Waals surface area (Å²) in [6, 6.07) is 0. The van der Waals surface area contributed by atoms with Crippen molar-refractivity contribution >= 4 is 0 Å². The third-order valence-corrected chi connectivity index (χ3v) is 8.37. The van der Waals surface area contributed by atoms with Gasteiger partial charge >= 0.3 is 0 Å². The second-order valence-electron chi connectivity index (χ2n) is 9.50. The maximum Gasteiger partial charge on any atom is -0.0191 e. The van der Waals surface area contributed by atoms with Gasteiger partial charge in [-0.05, 0) is 78.4 Å². The van der Waals surface area contributed by atoms with Gasteiger partial charge in [0.2, 0.25) is 0 Å². The molecule has 0 aromatic rings. The average molecular weight is 287 g/mol. The zero-order chi connectivity index (χ0) is 15.2. The summed E-state index contributed by atoms with van der Waals surface area (Å²) in [5.41, 5.74) is 5.35. The van der Waals surface area contributed by atoms with Crippen LogP contribution in [0.15, 0.2) is 11.1 Å². The highest BCUT2D eigenvalue weighted by Crippen LogP contribution is 2.96. The number of hydrogen-bond donors (Lipinski definition) is 0. The zero-order valence-electron chi connectivity index (χ0n) is 15.0. The first-order valence-electron chi connectivity index (χ1n) is 9.59. The lowest BCUT2D eigenvalue weighted by molar-refractivity contribution is 0.312. The lowest BCUT2D eigenvalue weighted by atomic mass is 9.87. The van der Waals surface area contributed by atoms with E-state index in [1.165, 1.54) is 12.8 Å². The minimum atomic E-state index is 0.812. The first-order valence-corrected chi connectivity index (χ1v) is 9.59. The predicted molar refractivity (Wildman–Crippen MR) is 90.0 cm³/mol. The molecule has 0 radical (unpaired) electrons. The molecule has 0 N–H and O–H groups in total. The summed E-state index contributed by atoms with van der Waals surface area (Å²) in [7, 11) is 0. The maximum atomic E-state index is 2.55. The van der Waals surface area contributed by atoms with Crippen molar-refractivity contribution in [3.05, 3.63) is 11.1 Å². The van der Waals surface area contributed by atoms with E-state index < -0.39 is 0 Å². The topological polar surface area (TPSA) is 0 Å². The Morgan fingerprint density at radius 2 is 1.81 bits per heavy atom. The van der Waals surface area contributed by atoms with Crippen LogP contribution in [0.1, 0.15) is 73.6 Å². The molecule has 4 saturated carbocycles. The zero-order valence-corrected chi connectivity index (χ0v) is 15.0. The summed E-state index contributed by atoms with van der Waals surface area (Å²) in [4.78, 5) is 0. The van der Waals surface area contributed by atoms with Crippen LogP contribution in [0.3, 0.4) is 0 Å². The van der Waals surface area contributed by atoms with Crippen LogP contribution in [0.2, 0.25) is 0 Å². The molecule has 0 saturated heterocycles. The molecule has 0 heterocycles. The van der Waals surface area contributed by atoms with Crippen LogP contribution in [-0.2, 0) is 0 Å². The van der Waals surface area contributed by atoms with Crippen molar-refractivity contribution in [3.8, 4) is 0 Å². The molecule has 0 amide bonds. The van der Waals surface area contributed by atoms with Gasteiger partial charge in [-0.25, -0.2) is 0 Å². The van der Waals surface area contributed by atoms with Gasteiger partial charge in [-0.3, -0.25) is 0 Å². The van der Waals surface area contributed by atoms with Gasteiger partial charge in [0.05, 0.1) is 0 Å². The van der Waals surface area contributed by atoms with Gasteiger partial charge in [-0.1, -0.05) is 52.7 Å². The van der Waals surface area contributed by atoms with Gasteiger partial charge in [0, 0.05) is 0 Å². The van der Waals surface area contributed by atoms with Crippen LogP contribution in [-0.4, -0.2) is 0 Å². The van der Waals surface area contributed by atoms with E-state index in [0.717, 1.165) is 46.3 Å². The summed E-state index contributed by atoms with van der Waals surface area (Å²) < 4.78 is 0. The van der Waals surface area contributed by atoms with Crippen LogP contribution in [0, 0.1) is 46.3 Å². The van der Waals surface area contributed by atoms with E-state index in [2.05, 4.69) is 41.5 Å². The molecule has 4 aliphatic carbocycles. The second-order valence-corrected chi connectivity index (χ2v) is 9.50. The summed E-state index contributed by atoms with van der Waals surface area (Å²) in [5, 5.41) is 0. The van der Waals surface area contributed by atoms with Gasteiger partial charge in [0.1, 0.15) is 0 Å². The largest absolute Gasteiger partial charge is 0.0679 e. The number of rotatable bonds is 6. The number of fused-ring (bicyclic) bond motifs is 1. The van der Waals surface area contributed by atoms with Crippen LogP contribution in [0.5, 0.6) is 0 Å². The molecule has 118 valence electrons. The molecule has 4 fully saturated rings. The van der Waals surface area contributed by atoms with Gasteiger partial charge in [-0.2, -0.15) is 0 Å². The van der Waals surface area contributed by atoms with Gasteiger partial charge in [-0.15, -0.1) is 0 Å². The first-order chi connectivity index (χ1) is 9.88. The quantitative estimate of drug-likeness (QED) is 0.519. The fourth-order valence-electron chi connectivity index (χ4n) is 6.25. The summed E-state index contributed by atoms with van der Waals surface area (Å²) in [6.07, 6.45) is 7.44. The molecule has 5 atom stereocenters. The highest BCUT2D eigenvalue weighted by atomic mass is 14.9. The van der Waals surface area contributed by atoms with Crippen molar-refractivity contribution in [2.24, 2.45) is 46.3 Å². The fourth-order valence-corrected chi connectivity index (χ4v) is 6.25. The van der Waals surface area contributed by atoms with E-state index in [9.17, 15) is 0 Å². The second kappa shape index (κ2) is 4.18. The smallest absolute Gasteiger partial charge is 0.0191 e. The SMILES string of the molecule is CCC(=C1CC1C)C(C)C1CC1C12CC1(C(C)C(C)C)C2. The Balaban J connectivity index is 1.42. The summed E-state index contributed by atoms with van der Waals surface area (Å²) in [6.45, 7) is 14.8. The molecule has 4 aliphatic rings. The van der Waals surface area contributed by atoms with Crippen molar-refractivity contribution in [3.63, 3.8) is 0 Å². The first kappa shape index (κ1) is 14.3. The Labute approximate surface area is 131 Å². The van der Waals surface area contributed by atoms with Crippen LogP contribution >= 0.6 is 0 Å². The highest BCUT2D eigenvalue weighted by Gasteiger charge is 2.88. The van der Waals surface area contributed by atoms with Gasteiger partial charge in [0.15, 0.2) is 0 Å². The Kier molecular flexibility index (Phi) is 2.85. The molecular formula is C21H34. The molecule has 4 rings (SSSR count). The van der Waals surface area contributed by atoms with E-state index in [-0.39, 0.29) is 0 Å². The maximum absolute atomic E-state index is 2.55. The molecule has 0 aromatic carbocycles. The van der Waals surface area contributed by atoms with Crippen molar-refractivity contribution in [2.75, 3.05) is 0 Å². The molecule has 0 bridgehead atoms. The molecular weight excluding hydrogens is 252 g/mol. The summed E-state index contributed by atoms with van der Waals surface area (Å²) >= 11 is 0. The Bertz CT molecular complexity index is 488. The molecule has 0 aromatic heterocycles. The normalized spacial score (nSPS) is 51.3. The van der Waals surface area contributed by atoms with Crippen LogP contribution < -0.4 is 0 Å². The Hall–Kier alpha value is -0.260. The van der Waals surface area contributed by atoms with Crippen molar-refractivity contribution in [1.29, 1.82) is 0 Å². The lowest BCUT2D eigenvalue weighted by Gasteiger charge is -2.18. The number of hydrogen-bond acceptors (Lipinski definition) is 0.